The summed E-state index contributed by atoms with van der Waals surface area (Å²) >= 11 is 0. The summed E-state index contributed by atoms with van der Waals surface area (Å²) in [6.45, 7) is 0.320. The largest absolute Gasteiger partial charge is 0.298 e. The number of benzene rings is 5. The topological polar surface area (TPSA) is 112 Å². The predicted molar refractivity (Wildman–Crippen MR) is 196 cm³/mol. The average Bonchev–Trinajstić information content (AvgIpc) is 3.53. The first-order valence-corrected chi connectivity index (χ1v) is 16.6. The van der Waals surface area contributed by atoms with Crippen molar-refractivity contribution in [3.63, 3.8) is 0 Å². The Morgan fingerprint density at radius 1 is 0.420 bits per heavy atom. The number of rotatable bonds is 12. The number of aldehydes is 2. The van der Waals surface area contributed by atoms with E-state index in [0.717, 1.165) is 46.0 Å². The summed E-state index contributed by atoms with van der Waals surface area (Å²) in [5, 5.41) is 0.499. The molecule has 8 nitrogen and oxygen atoms in total. The van der Waals surface area contributed by atoms with E-state index in [0.29, 0.717) is 36.8 Å². The normalized spacial score (nSPS) is 11.4. The van der Waals surface area contributed by atoms with Crippen molar-refractivity contribution in [2.75, 3.05) is 0 Å². The van der Waals surface area contributed by atoms with Crippen molar-refractivity contribution in [1.29, 1.82) is 0 Å². The van der Waals surface area contributed by atoms with Crippen LogP contribution in [-0.4, -0.2) is 21.7 Å². The van der Waals surface area contributed by atoms with Gasteiger partial charge >= 0.3 is 0 Å². The molecule has 50 heavy (non-hydrogen) atoms. The number of aryl methyl sites for hydroxylation is 2. The number of aromatic nitrogens is 2. The molecule has 0 aliphatic heterocycles. The first-order valence-electron chi connectivity index (χ1n) is 16.6. The molecule has 7 rings (SSSR count). The first-order chi connectivity index (χ1) is 24.4. The van der Waals surface area contributed by atoms with E-state index in [-0.39, 0.29) is 34.6 Å². The van der Waals surface area contributed by atoms with Gasteiger partial charge in [-0.1, -0.05) is 97.1 Å². The minimum absolute atomic E-state index is 0.125. The lowest BCUT2D eigenvalue weighted by atomic mass is 9.94. The fourth-order valence-electron chi connectivity index (χ4n) is 7.03. The fraction of sp³-hybridized carbons (Fsp3) is 0.143. The molecule has 5 aromatic carbocycles. The lowest BCUT2D eigenvalue weighted by Gasteiger charge is -2.11. The minimum Gasteiger partial charge on any atom is -0.298 e. The molecule has 0 amide bonds. The highest BCUT2D eigenvalue weighted by Crippen LogP contribution is 2.29. The Labute approximate surface area is 286 Å². The molecule has 0 spiro atoms. The smallest absolute Gasteiger partial charge is 0.261 e. The van der Waals surface area contributed by atoms with Crippen molar-refractivity contribution in [2.24, 2.45) is 0 Å². The van der Waals surface area contributed by atoms with Gasteiger partial charge in [-0.25, -0.2) is 0 Å². The number of carbonyl (C=O) groups is 2. The van der Waals surface area contributed by atoms with E-state index in [4.69, 9.17) is 0 Å². The SMILES string of the molecule is O=Cc1ccccc1-c1ccccc1CCCn1c(=O)c2cc3c(=O)n(CCCc4ccccc4-c4ccccc4C=O)c(=O)c3cc2c1=O. The molecule has 0 saturated carbocycles. The van der Waals surface area contributed by atoms with Crippen molar-refractivity contribution in [3.05, 3.63) is 173 Å². The van der Waals surface area contributed by atoms with Crippen LogP contribution in [0.25, 0.3) is 43.8 Å². The van der Waals surface area contributed by atoms with Crippen LogP contribution in [0.15, 0.2) is 128 Å². The zero-order valence-corrected chi connectivity index (χ0v) is 27.1. The summed E-state index contributed by atoms with van der Waals surface area (Å²) in [6.07, 6.45) is 3.76. The third-order valence-electron chi connectivity index (χ3n) is 9.51. The monoisotopic (exact) mass is 660 g/mol. The number of hydrogen-bond donors (Lipinski definition) is 0. The number of fused-ring (bicyclic) bond motifs is 2. The van der Waals surface area contributed by atoms with E-state index in [1.54, 1.807) is 12.1 Å². The maximum Gasteiger partial charge on any atom is 0.261 e. The molecular weight excluding hydrogens is 628 g/mol. The van der Waals surface area contributed by atoms with E-state index in [2.05, 4.69) is 0 Å². The standard InChI is InChI=1S/C42H32N2O6/c45-25-29-13-3-7-19-33(29)31-17-5-1-11-27(31)15-9-21-43-39(47)35-23-37-38(24-36(35)40(43)48)42(50)44(41(37)49)22-10-16-28-12-2-6-18-32(28)34-20-8-4-14-30(34)26-46/h1-8,11-14,17-20,23-26H,9-10,15-16,21-22H2. The lowest BCUT2D eigenvalue weighted by Crippen LogP contribution is -2.26. The third kappa shape index (κ3) is 5.75. The van der Waals surface area contributed by atoms with Crippen LogP contribution in [0.1, 0.15) is 44.7 Å². The Hall–Kier alpha value is -6.28. The molecule has 7 aromatic rings. The molecule has 246 valence electrons. The summed E-state index contributed by atoms with van der Waals surface area (Å²) in [4.78, 5) is 77.1. The summed E-state index contributed by atoms with van der Waals surface area (Å²) in [6, 6.07) is 33.0. The maximum absolute atomic E-state index is 13.4. The molecule has 0 radical (unpaired) electrons. The van der Waals surface area contributed by atoms with Crippen LogP contribution in [0.3, 0.4) is 0 Å². The Kier molecular flexibility index (Phi) is 8.83. The predicted octanol–water partition coefficient (Wildman–Crippen LogP) is 6.14. The van der Waals surface area contributed by atoms with Crippen LogP contribution in [0.4, 0.5) is 0 Å². The lowest BCUT2D eigenvalue weighted by molar-refractivity contribution is 0.111. The number of carbonyl (C=O) groups excluding carboxylic acids is 2. The van der Waals surface area contributed by atoms with E-state index in [1.165, 1.54) is 21.3 Å². The Morgan fingerprint density at radius 2 is 0.740 bits per heavy atom. The van der Waals surface area contributed by atoms with E-state index in [9.17, 15) is 28.8 Å². The zero-order valence-electron chi connectivity index (χ0n) is 27.1. The van der Waals surface area contributed by atoms with E-state index in [1.807, 2.05) is 84.9 Å². The maximum atomic E-state index is 13.4. The fourth-order valence-corrected chi connectivity index (χ4v) is 7.03. The second kappa shape index (κ2) is 13.7. The molecule has 0 fully saturated rings. The van der Waals surface area contributed by atoms with Gasteiger partial charge in [0.2, 0.25) is 0 Å². The van der Waals surface area contributed by atoms with Gasteiger partial charge in [0.1, 0.15) is 0 Å². The Balaban J connectivity index is 1.11. The molecule has 0 N–H and O–H groups in total. The second-order valence-corrected chi connectivity index (χ2v) is 12.4. The summed E-state index contributed by atoms with van der Waals surface area (Å²) < 4.78 is 2.35. The van der Waals surface area contributed by atoms with Crippen LogP contribution in [0.2, 0.25) is 0 Å². The van der Waals surface area contributed by atoms with E-state index >= 15 is 0 Å². The molecule has 0 aliphatic rings. The van der Waals surface area contributed by atoms with Gasteiger partial charge in [-0.3, -0.25) is 37.9 Å². The molecule has 0 bridgehead atoms. The highest BCUT2D eigenvalue weighted by atomic mass is 16.2. The highest BCUT2D eigenvalue weighted by molar-refractivity contribution is 5.98. The molecule has 0 saturated heterocycles. The molecule has 2 aromatic heterocycles. The van der Waals surface area contributed by atoms with Crippen molar-refractivity contribution >= 4 is 34.1 Å². The summed E-state index contributed by atoms with van der Waals surface area (Å²) in [5.41, 5.74) is 4.67. The Bertz CT molecular complexity index is 2380. The van der Waals surface area contributed by atoms with Gasteiger partial charge < -0.3 is 0 Å². The summed E-state index contributed by atoms with van der Waals surface area (Å²) in [5.74, 6) is 0. The molecule has 0 aliphatic carbocycles. The van der Waals surface area contributed by atoms with Crippen LogP contribution >= 0.6 is 0 Å². The quantitative estimate of drug-likeness (QED) is 0.146. The Morgan fingerprint density at radius 3 is 1.10 bits per heavy atom. The van der Waals surface area contributed by atoms with Gasteiger partial charge in [-0.05, 0) is 71.2 Å². The van der Waals surface area contributed by atoms with Crippen LogP contribution < -0.4 is 22.2 Å². The molecule has 8 heteroatoms. The van der Waals surface area contributed by atoms with Gasteiger partial charge in [0.25, 0.3) is 22.2 Å². The first kappa shape index (κ1) is 32.3. The van der Waals surface area contributed by atoms with Gasteiger partial charge in [-0.2, -0.15) is 0 Å². The van der Waals surface area contributed by atoms with Crippen LogP contribution in [0, 0.1) is 0 Å². The molecule has 0 unspecified atom stereocenters. The van der Waals surface area contributed by atoms with Crippen LogP contribution in [0.5, 0.6) is 0 Å². The van der Waals surface area contributed by atoms with E-state index < -0.39 is 22.2 Å². The molecular formula is C42H32N2O6. The molecule has 2 heterocycles. The van der Waals surface area contributed by atoms with Crippen molar-refractivity contribution < 1.29 is 9.59 Å². The van der Waals surface area contributed by atoms with Gasteiger partial charge in [0.05, 0.1) is 21.5 Å². The van der Waals surface area contributed by atoms with Crippen molar-refractivity contribution in [2.45, 2.75) is 38.8 Å². The van der Waals surface area contributed by atoms with Gasteiger partial charge in [-0.15, -0.1) is 0 Å². The highest BCUT2D eigenvalue weighted by Gasteiger charge is 2.20. The average molecular weight is 661 g/mol. The minimum atomic E-state index is -0.488. The third-order valence-corrected chi connectivity index (χ3v) is 9.51. The summed E-state index contributed by atoms with van der Waals surface area (Å²) in [7, 11) is 0. The molecule has 0 atom stereocenters. The van der Waals surface area contributed by atoms with Crippen LogP contribution in [-0.2, 0) is 25.9 Å². The second-order valence-electron chi connectivity index (χ2n) is 12.4. The number of nitrogens with zero attached hydrogens (tertiary/aromatic N) is 2. The van der Waals surface area contributed by atoms with Gasteiger partial charge in [0, 0.05) is 24.2 Å². The van der Waals surface area contributed by atoms with Crippen molar-refractivity contribution in [3.8, 4) is 22.3 Å². The number of hydrogen-bond acceptors (Lipinski definition) is 6. The van der Waals surface area contributed by atoms with Gasteiger partial charge in [0.15, 0.2) is 12.6 Å². The van der Waals surface area contributed by atoms with Crippen molar-refractivity contribution in [1.82, 2.24) is 9.13 Å². The zero-order chi connectivity index (χ0) is 34.8.